The van der Waals surface area contributed by atoms with Crippen molar-refractivity contribution in [2.45, 2.75) is 31.7 Å². The van der Waals surface area contributed by atoms with Crippen LogP contribution in [-0.4, -0.2) is 46.1 Å². The van der Waals surface area contributed by atoms with Crippen molar-refractivity contribution in [1.82, 2.24) is 15.3 Å². The van der Waals surface area contributed by atoms with Crippen LogP contribution in [0.3, 0.4) is 0 Å². The van der Waals surface area contributed by atoms with Crippen molar-refractivity contribution in [1.29, 1.82) is 0 Å². The van der Waals surface area contributed by atoms with Crippen LogP contribution in [0, 0.1) is 5.82 Å². The lowest BCUT2D eigenvalue weighted by atomic mass is 10.1. The Morgan fingerprint density at radius 1 is 1.23 bits per heavy atom. The van der Waals surface area contributed by atoms with E-state index in [-0.39, 0.29) is 11.4 Å². The topological polar surface area (TPSA) is 113 Å². The maximum absolute atomic E-state index is 14.0. The summed E-state index contributed by atoms with van der Waals surface area (Å²) in [6.45, 7) is 1.31. The smallest absolute Gasteiger partial charge is 0.326 e. The van der Waals surface area contributed by atoms with Crippen molar-refractivity contribution >= 4 is 29.3 Å². The van der Waals surface area contributed by atoms with Crippen molar-refractivity contribution in [3.8, 4) is 5.88 Å². The van der Waals surface area contributed by atoms with Gasteiger partial charge in [0.1, 0.15) is 17.7 Å². The SMILES string of the molecule is O=C(N[C@@H](Cc1ccc(OCCc2ccc3c(n2)NCCC3)nc1)C(=O)O)c1c(F)cccc1Cl. The van der Waals surface area contributed by atoms with Gasteiger partial charge >= 0.3 is 5.97 Å². The summed E-state index contributed by atoms with van der Waals surface area (Å²) in [6.07, 6.45) is 4.19. The second-order valence-electron chi connectivity index (χ2n) is 8.11. The van der Waals surface area contributed by atoms with Crippen molar-refractivity contribution in [3.63, 3.8) is 0 Å². The summed E-state index contributed by atoms with van der Waals surface area (Å²) in [4.78, 5) is 32.9. The third-order valence-corrected chi connectivity index (χ3v) is 5.91. The molecule has 1 amide bonds. The summed E-state index contributed by atoms with van der Waals surface area (Å²) in [7, 11) is 0. The monoisotopic (exact) mass is 498 g/mol. The zero-order valence-electron chi connectivity index (χ0n) is 18.8. The molecule has 1 aliphatic heterocycles. The molecule has 3 aromatic rings. The predicted molar refractivity (Wildman–Crippen MR) is 128 cm³/mol. The average Bonchev–Trinajstić information content (AvgIpc) is 2.84. The zero-order chi connectivity index (χ0) is 24.8. The molecule has 8 nitrogen and oxygen atoms in total. The second kappa shape index (κ2) is 11.1. The maximum atomic E-state index is 14.0. The molecule has 2 aromatic heterocycles. The van der Waals surface area contributed by atoms with Crippen molar-refractivity contribution < 1.29 is 23.8 Å². The molecular formula is C25H24ClFN4O4. The molecule has 0 saturated carbocycles. The number of fused-ring (bicyclic) bond motifs is 1. The number of pyridine rings is 2. The highest BCUT2D eigenvalue weighted by Gasteiger charge is 2.24. The quantitative estimate of drug-likeness (QED) is 0.412. The number of hydrogen-bond donors (Lipinski definition) is 3. The Hall–Kier alpha value is -3.72. The fraction of sp³-hybridized carbons (Fsp3) is 0.280. The van der Waals surface area contributed by atoms with E-state index in [4.69, 9.17) is 16.3 Å². The molecule has 35 heavy (non-hydrogen) atoms. The number of carboxylic acids is 1. The number of ether oxygens (including phenoxy) is 1. The minimum absolute atomic E-state index is 0.0491. The first-order valence-corrected chi connectivity index (χ1v) is 11.6. The number of nitrogens with one attached hydrogen (secondary N) is 2. The van der Waals surface area contributed by atoms with E-state index in [1.54, 1.807) is 12.1 Å². The van der Waals surface area contributed by atoms with Crippen LogP contribution in [-0.2, 0) is 24.1 Å². The summed E-state index contributed by atoms with van der Waals surface area (Å²) >= 11 is 5.90. The summed E-state index contributed by atoms with van der Waals surface area (Å²) in [5.41, 5.74) is 2.31. The van der Waals surface area contributed by atoms with Gasteiger partial charge in [-0.05, 0) is 42.2 Å². The standard InChI is InChI=1S/C25H24ClFN4O4/c26-18-4-1-5-19(27)22(18)24(32)31-20(25(33)34)13-15-6-9-21(29-14-15)35-12-10-17-8-7-16-3-2-11-28-23(16)30-17/h1,4-9,14,20H,2-3,10-13H2,(H,28,30)(H,31,32)(H,33,34)/t20-/m0/s1. The van der Waals surface area contributed by atoms with Gasteiger partial charge < -0.3 is 20.5 Å². The van der Waals surface area contributed by atoms with Gasteiger partial charge in [0.15, 0.2) is 0 Å². The second-order valence-corrected chi connectivity index (χ2v) is 8.52. The van der Waals surface area contributed by atoms with Crippen LogP contribution < -0.4 is 15.4 Å². The lowest BCUT2D eigenvalue weighted by Crippen LogP contribution is -2.42. The van der Waals surface area contributed by atoms with Crippen LogP contribution in [0.5, 0.6) is 5.88 Å². The molecule has 1 atom stereocenters. The number of benzene rings is 1. The van der Waals surface area contributed by atoms with E-state index in [0.717, 1.165) is 37.0 Å². The van der Waals surface area contributed by atoms with E-state index < -0.39 is 29.3 Å². The fourth-order valence-corrected chi connectivity index (χ4v) is 4.02. The molecule has 0 unspecified atom stereocenters. The number of carbonyl (C=O) groups is 2. The van der Waals surface area contributed by atoms with E-state index in [0.29, 0.717) is 24.5 Å². The van der Waals surface area contributed by atoms with Crippen molar-refractivity contribution in [2.75, 3.05) is 18.5 Å². The summed E-state index contributed by atoms with van der Waals surface area (Å²) in [5, 5.41) is 15.1. The molecule has 1 aliphatic rings. The largest absolute Gasteiger partial charge is 0.480 e. The number of anilines is 1. The van der Waals surface area contributed by atoms with Gasteiger partial charge in [0.25, 0.3) is 5.91 Å². The molecule has 10 heteroatoms. The number of aliphatic carboxylic acids is 1. The number of carboxylic acid groups (broad SMARTS) is 1. The highest BCUT2D eigenvalue weighted by Crippen LogP contribution is 2.21. The molecule has 0 aliphatic carbocycles. The number of carbonyl (C=O) groups excluding carboxylic acids is 1. The number of rotatable bonds is 9. The Morgan fingerprint density at radius 3 is 2.83 bits per heavy atom. The first kappa shape index (κ1) is 24.4. The van der Waals surface area contributed by atoms with Crippen LogP contribution in [0.1, 0.15) is 33.6 Å². The Morgan fingerprint density at radius 2 is 2.09 bits per heavy atom. The highest BCUT2D eigenvalue weighted by atomic mass is 35.5. The van der Waals surface area contributed by atoms with Gasteiger partial charge in [0.2, 0.25) is 5.88 Å². The molecule has 0 spiro atoms. The van der Waals surface area contributed by atoms with E-state index in [1.165, 1.54) is 23.9 Å². The van der Waals surface area contributed by atoms with Gasteiger partial charge in [-0.3, -0.25) is 4.79 Å². The molecule has 0 fully saturated rings. The maximum Gasteiger partial charge on any atom is 0.326 e. The predicted octanol–water partition coefficient (Wildman–Crippen LogP) is 3.67. The molecule has 0 bridgehead atoms. The average molecular weight is 499 g/mol. The molecule has 182 valence electrons. The van der Waals surface area contributed by atoms with Gasteiger partial charge in [-0.2, -0.15) is 0 Å². The minimum atomic E-state index is -1.30. The third-order valence-electron chi connectivity index (χ3n) is 5.59. The Bertz CT molecular complexity index is 1200. The van der Waals surface area contributed by atoms with Gasteiger partial charge in [-0.15, -0.1) is 0 Å². The number of hydrogen-bond acceptors (Lipinski definition) is 6. The first-order chi connectivity index (χ1) is 16.9. The number of nitrogens with zero attached hydrogens (tertiary/aromatic N) is 2. The molecular weight excluding hydrogens is 475 g/mol. The zero-order valence-corrected chi connectivity index (χ0v) is 19.5. The lowest BCUT2D eigenvalue weighted by Gasteiger charge is -2.17. The van der Waals surface area contributed by atoms with Crippen LogP contribution >= 0.6 is 11.6 Å². The molecule has 3 heterocycles. The molecule has 3 N–H and O–H groups in total. The van der Waals surface area contributed by atoms with Gasteiger partial charge in [-0.1, -0.05) is 29.8 Å². The van der Waals surface area contributed by atoms with E-state index in [2.05, 4.69) is 26.7 Å². The van der Waals surface area contributed by atoms with Crippen LogP contribution in [0.25, 0.3) is 0 Å². The van der Waals surface area contributed by atoms with Gasteiger partial charge in [-0.25, -0.2) is 19.2 Å². The Kier molecular flexibility index (Phi) is 7.77. The minimum Gasteiger partial charge on any atom is -0.480 e. The van der Waals surface area contributed by atoms with E-state index >= 15 is 0 Å². The molecule has 1 aromatic carbocycles. The summed E-state index contributed by atoms with van der Waals surface area (Å²) in [5.74, 6) is -1.67. The molecule has 4 rings (SSSR count). The number of aromatic nitrogens is 2. The number of halogens is 2. The molecule has 0 saturated heterocycles. The van der Waals surface area contributed by atoms with Crippen LogP contribution in [0.2, 0.25) is 5.02 Å². The lowest BCUT2D eigenvalue weighted by molar-refractivity contribution is -0.139. The number of aryl methyl sites for hydroxylation is 1. The third kappa shape index (κ3) is 6.24. The fourth-order valence-electron chi connectivity index (χ4n) is 3.77. The van der Waals surface area contributed by atoms with E-state index in [9.17, 15) is 19.1 Å². The van der Waals surface area contributed by atoms with Gasteiger partial charge in [0, 0.05) is 37.3 Å². The van der Waals surface area contributed by atoms with E-state index in [1.807, 2.05) is 6.07 Å². The molecule has 0 radical (unpaired) electrons. The van der Waals surface area contributed by atoms with Crippen molar-refractivity contribution in [2.24, 2.45) is 0 Å². The Labute approximate surface area is 206 Å². The van der Waals surface area contributed by atoms with Crippen LogP contribution in [0.4, 0.5) is 10.2 Å². The van der Waals surface area contributed by atoms with Gasteiger partial charge in [0.05, 0.1) is 17.2 Å². The Balaban J connectivity index is 1.31. The highest BCUT2D eigenvalue weighted by molar-refractivity contribution is 6.33. The summed E-state index contributed by atoms with van der Waals surface area (Å²) in [6, 6.07) is 9.89. The first-order valence-electron chi connectivity index (χ1n) is 11.2. The van der Waals surface area contributed by atoms with Crippen molar-refractivity contribution in [3.05, 3.63) is 81.9 Å². The summed E-state index contributed by atoms with van der Waals surface area (Å²) < 4.78 is 19.7. The number of amides is 1. The normalized spacial score (nSPS) is 13.3. The van der Waals surface area contributed by atoms with Crippen LogP contribution in [0.15, 0.2) is 48.7 Å².